The molecule has 0 saturated heterocycles. The lowest BCUT2D eigenvalue weighted by Gasteiger charge is -1.95. The molecule has 0 aromatic heterocycles. The molecule has 0 atom stereocenters. The number of hydrogen-bond donors (Lipinski definition) is 1. The molecule has 0 aromatic carbocycles. The van der Waals surface area contributed by atoms with Crippen molar-refractivity contribution < 1.29 is 0 Å². The van der Waals surface area contributed by atoms with E-state index < -0.39 is 0 Å². The second-order valence-corrected chi connectivity index (χ2v) is 1.88. The maximum Gasteiger partial charge on any atom is 0.0214 e. The van der Waals surface area contributed by atoms with Gasteiger partial charge in [-0.1, -0.05) is 0 Å². The lowest BCUT2D eigenvalue weighted by atomic mass is 10.4. The minimum atomic E-state index is 0.805. The molecule has 54 valence electrons. The molecule has 0 aliphatic carbocycles. The Hall–Kier alpha value is -0.920. The van der Waals surface area contributed by atoms with Gasteiger partial charge in [0.05, 0.1) is 0 Å². The lowest BCUT2D eigenvalue weighted by molar-refractivity contribution is 0.708. The third-order valence-electron chi connectivity index (χ3n) is 1.05. The summed E-state index contributed by atoms with van der Waals surface area (Å²) in [7, 11) is 0. The van der Waals surface area contributed by atoms with Gasteiger partial charge in [0, 0.05) is 25.9 Å². The van der Waals surface area contributed by atoms with Crippen molar-refractivity contribution in [3.8, 4) is 24.2 Å². The predicted octanol–water partition coefficient (Wildman–Crippen LogP) is 1.01. The summed E-state index contributed by atoms with van der Waals surface area (Å²) >= 11 is 0. The van der Waals surface area contributed by atoms with E-state index in [1.54, 1.807) is 0 Å². The first kappa shape index (κ1) is 9.08. The summed E-state index contributed by atoms with van der Waals surface area (Å²) in [5.74, 6) is 8.35. The molecule has 0 heterocycles. The fraction of sp³-hybridized carbons (Fsp3) is 0.556. The summed E-state index contributed by atoms with van der Waals surface area (Å²) in [4.78, 5) is 0. The molecule has 0 saturated carbocycles. The molecule has 10 heavy (non-hydrogen) atoms. The second-order valence-electron chi connectivity index (χ2n) is 1.88. The molecule has 0 aromatic rings. The summed E-state index contributed by atoms with van der Waals surface area (Å²) < 4.78 is 0. The Labute approximate surface area is 63.2 Å². The Balaban J connectivity index is 2.90. The van der Waals surface area contributed by atoms with Gasteiger partial charge in [-0.05, 0) is 6.92 Å². The molecule has 0 aliphatic heterocycles. The van der Waals surface area contributed by atoms with E-state index in [1.165, 1.54) is 0 Å². The van der Waals surface area contributed by atoms with Crippen LogP contribution in [0.5, 0.6) is 0 Å². The zero-order valence-electron chi connectivity index (χ0n) is 6.41. The lowest BCUT2D eigenvalue weighted by Crippen LogP contribution is -2.15. The van der Waals surface area contributed by atoms with Gasteiger partial charge in [0.2, 0.25) is 0 Å². The summed E-state index contributed by atoms with van der Waals surface area (Å²) in [5.41, 5.74) is 0. The molecular weight excluding hydrogens is 122 g/mol. The van der Waals surface area contributed by atoms with E-state index in [1.807, 2.05) is 6.92 Å². The topological polar surface area (TPSA) is 12.0 Å². The molecule has 0 unspecified atom stereocenters. The summed E-state index contributed by atoms with van der Waals surface area (Å²) in [6.07, 6.45) is 6.77. The average molecular weight is 135 g/mol. The monoisotopic (exact) mass is 135 g/mol. The Morgan fingerprint density at radius 1 is 1.30 bits per heavy atom. The first-order chi connectivity index (χ1) is 4.91. The summed E-state index contributed by atoms with van der Waals surface area (Å²) in [6, 6.07) is 0. The Morgan fingerprint density at radius 3 is 2.60 bits per heavy atom. The molecule has 1 heteroatoms. The van der Waals surface area contributed by atoms with Gasteiger partial charge in [-0.15, -0.1) is 24.2 Å². The summed E-state index contributed by atoms with van der Waals surface area (Å²) in [5, 5.41) is 3.18. The van der Waals surface area contributed by atoms with E-state index in [4.69, 9.17) is 6.42 Å². The van der Waals surface area contributed by atoms with Crippen molar-refractivity contribution in [1.29, 1.82) is 0 Å². The van der Waals surface area contributed by atoms with Crippen molar-refractivity contribution in [2.24, 2.45) is 0 Å². The van der Waals surface area contributed by atoms with E-state index in [9.17, 15) is 0 Å². The largest absolute Gasteiger partial charge is 0.315 e. The average Bonchev–Trinajstić information content (AvgIpc) is 1.97. The van der Waals surface area contributed by atoms with Crippen LogP contribution in [0.4, 0.5) is 0 Å². The number of terminal acetylenes is 1. The summed E-state index contributed by atoms with van der Waals surface area (Å²) in [6.45, 7) is 3.70. The molecule has 0 aliphatic rings. The number of nitrogens with one attached hydrogen (secondary N) is 1. The van der Waals surface area contributed by atoms with Crippen LogP contribution in [0.25, 0.3) is 0 Å². The molecule has 0 rings (SSSR count). The standard InChI is InChI=1S/C9H13N/c1-3-5-7-9-10-8-6-4-2/h2,10H,6-9H2,1H3. The minimum absolute atomic E-state index is 0.805. The highest BCUT2D eigenvalue weighted by molar-refractivity contribution is 4.95. The SMILES string of the molecule is C#CCCNCCC#CC. The molecule has 0 spiro atoms. The normalized spacial score (nSPS) is 7.60. The highest BCUT2D eigenvalue weighted by atomic mass is 14.8. The second kappa shape index (κ2) is 8.08. The maximum absolute atomic E-state index is 5.05. The van der Waals surface area contributed by atoms with Crippen LogP contribution >= 0.6 is 0 Å². The molecule has 1 N–H and O–H groups in total. The minimum Gasteiger partial charge on any atom is -0.315 e. The van der Waals surface area contributed by atoms with Crippen LogP contribution in [-0.2, 0) is 0 Å². The van der Waals surface area contributed by atoms with Gasteiger partial charge in [0.15, 0.2) is 0 Å². The molecule has 0 fully saturated rings. The van der Waals surface area contributed by atoms with Gasteiger partial charge in [-0.3, -0.25) is 0 Å². The van der Waals surface area contributed by atoms with Crippen LogP contribution in [0, 0.1) is 24.2 Å². The van der Waals surface area contributed by atoms with Crippen LogP contribution in [0.3, 0.4) is 0 Å². The van der Waals surface area contributed by atoms with E-state index in [2.05, 4.69) is 23.1 Å². The van der Waals surface area contributed by atoms with Crippen LogP contribution in [0.2, 0.25) is 0 Å². The van der Waals surface area contributed by atoms with Crippen LogP contribution < -0.4 is 5.32 Å². The zero-order chi connectivity index (χ0) is 7.66. The van der Waals surface area contributed by atoms with Gasteiger partial charge in [-0.25, -0.2) is 0 Å². The van der Waals surface area contributed by atoms with Crippen molar-refractivity contribution in [3.05, 3.63) is 0 Å². The van der Waals surface area contributed by atoms with E-state index in [0.29, 0.717) is 0 Å². The third-order valence-corrected chi connectivity index (χ3v) is 1.05. The molecular formula is C9H13N. The fourth-order valence-electron chi connectivity index (χ4n) is 0.561. The fourth-order valence-corrected chi connectivity index (χ4v) is 0.561. The van der Waals surface area contributed by atoms with E-state index in [0.717, 1.165) is 25.9 Å². The predicted molar refractivity (Wildman–Crippen MR) is 44.4 cm³/mol. The molecule has 0 radical (unpaired) electrons. The van der Waals surface area contributed by atoms with Crippen molar-refractivity contribution in [1.82, 2.24) is 5.32 Å². The molecule has 0 amide bonds. The van der Waals surface area contributed by atoms with Gasteiger partial charge in [0.1, 0.15) is 0 Å². The van der Waals surface area contributed by atoms with Gasteiger partial charge >= 0.3 is 0 Å². The quantitative estimate of drug-likeness (QED) is 0.448. The van der Waals surface area contributed by atoms with Crippen molar-refractivity contribution in [2.45, 2.75) is 19.8 Å². The van der Waals surface area contributed by atoms with Crippen molar-refractivity contribution >= 4 is 0 Å². The Bertz CT molecular complexity index is 154. The van der Waals surface area contributed by atoms with Gasteiger partial charge in [-0.2, -0.15) is 0 Å². The maximum atomic E-state index is 5.05. The highest BCUT2D eigenvalue weighted by Gasteiger charge is 1.80. The first-order valence-corrected chi connectivity index (χ1v) is 3.45. The Morgan fingerprint density at radius 2 is 2.00 bits per heavy atom. The third kappa shape index (κ3) is 7.08. The number of rotatable bonds is 4. The van der Waals surface area contributed by atoms with Crippen LogP contribution in [0.15, 0.2) is 0 Å². The van der Waals surface area contributed by atoms with E-state index >= 15 is 0 Å². The molecule has 0 bridgehead atoms. The van der Waals surface area contributed by atoms with Gasteiger partial charge in [0.25, 0.3) is 0 Å². The molecule has 1 nitrogen and oxygen atoms in total. The van der Waals surface area contributed by atoms with Crippen LogP contribution in [-0.4, -0.2) is 13.1 Å². The van der Waals surface area contributed by atoms with E-state index in [-0.39, 0.29) is 0 Å². The van der Waals surface area contributed by atoms with Crippen LogP contribution in [0.1, 0.15) is 19.8 Å². The van der Waals surface area contributed by atoms with Gasteiger partial charge < -0.3 is 5.32 Å². The number of hydrogen-bond acceptors (Lipinski definition) is 1. The zero-order valence-corrected chi connectivity index (χ0v) is 6.41. The smallest absolute Gasteiger partial charge is 0.0214 e. The van der Waals surface area contributed by atoms with Crippen molar-refractivity contribution in [2.75, 3.05) is 13.1 Å². The van der Waals surface area contributed by atoms with Crippen molar-refractivity contribution in [3.63, 3.8) is 0 Å². The highest BCUT2D eigenvalue weighted by Crippen LogP contribution is 1.73. The first-order valence-electron chi connectivity index (χ1n) is 3.45. The Kier molecular flexibility index (Phi) is 7.34.